The van der Waals surface area contributed by atoms with Crippen LogP contribution in [0.1, 0.15) is 49.1 Å². The summed E-state index contributed by atoms with van der Waals surface area (Å²) in [4.78, 5) is 28.6. The van der Waals surface area contributed by atoms with E-state index in [2.05, 4.69) is 29.6 Å². The minimum Gasteiger partial charge on any atom is -0.352 e. The molecule has 0 aromatic heterocycles. The van der Waals surface area contributed by atoms with Gasteiger partial charge in [-0.2, -0.15) is 0 Å². The molecule has 3 N–H and O–H groups in total. The first-order valence-corrected chi connectivity index (χ1v) is 15.2. The first-order chi connectivity index (χ1) is 18.8. The Morgan fingerprint density at radius 3 is 2.15 bits per heavy atom. The Balaban J connectivity index is 1.16. The molecule has 39 heavy (non-hydrogen) atoms. The number of piperidine rings is 1. The summed E-state index contributed by atoms with van der Waals surface area (Å²) in [5, 5.41) is 8.40. The quantitative estimate of drug-likeness (QED) is 0.457. The number of amides is 2. The van der Waals surface area contributed by atoms with Crippen LogP contribution in [0.3, 0.4) is 0 Å². The molecule has 1 aliphatic carbocycles. The first kappa shape index (κ1) is 27.1. The number of carbonyl (C=O) groups is 2. The molecule has 2 atom stereocenters. The number of nitrogens with one attached hydrogen (secondary N) is 1. The maximum Gasteiger partial charge on any atom is 0.238 e. The number of likely N-dealkylation sites (tertiary alicyclic amines) is 1. The molecule has 1 saturated carbocycles. The van der Waals surface area contributed by atoms with Crippen molar-refractivity contribution in [3.05, 3.63) is 90.0 Å². The molecule has 3 aromatic carbocycles. The van der Waals surface area contributed by atoms with Gasteiger partial charge in [0.1, 0.15) is 0 Å². The van der Waals surface area contributed by atoms with E-state index in [-0.39, 0.29) is 28.5 Å². The normalized spacial score (nSPS) is 20.1. The molecular weight excluding hydrogens is 510 g/mol. The lowest BCUT2D eigenvalue weighted by Gasteiger charge is -2.34. The van der Waals surface area contributed by atoms with E-state index in [4.69, 9.17) is 5.14 Å². The maximum absolute atomic E-state index is 13.4. The Morgan fingerprint density at radius 1 is 0.821 bits per heavy atom. The molecule has 0 radical (unpaired) electrons. The summed E-state index contributed by atoms with van der Waals surface area (Å²) in [6.45, 7) is 1.82. The highest BCUT2D eigenvalue weighted by Gasteiger charge is 2.40. The second kappa shape index (κ2) is 11.7. The third-order valence-electron chi connectivity index (χ3n) is 8.17. The van der Waals surface area contributed by atoms with Gasteiger partial charge in [0.25, 0.3) is 0 Å². The van der Waals surface area contributed by atoms with Crippen molar-refractivity contribution in [1.29, 1.82) is 0 Å². The predicted molar refractivity (Wildman–Crippen MR) is 151 cm³/mol. The number of hydrogen-bond acceptors (Lipinski definition) is 4. The molecule has 0 spiro atoms. The van der Waals surface area contributed by atoms with E-state index >= 15 is 0 Å². The van der Waals surface area contributed by atoms with Crippen molar-refractivity contribution < 1.29 is 18.0 Å². The van der Waals surface area contributed by atoms with Gasteiger partial charge < -0.3 is 10.2 Å². The zero-order valence-electron chi connectivity index (χ0n) is 22.0. The zero-order chi connectivity index (χ0) is 27.4. The minimum absolute atomic E-state index is 0.0753. The van der Waals surface area contributed by atoms with E-state index in [0.717, 1.165) is 56.3 Å². The van der Waals surface area contributed by atoms with E-state index < -0.39 is 10.0 Å². The summed E-state index contributed by atoms with van der Waals surface area (Å²) < 4.78 is 23.9. The van der Waals surface area contributed by atoms with Gasteiger partial charge in [0.05, 0.1) is 4.90 Å². The van der Waals surface area contributed by atoms with Crippen molar-refractivity contribution >= 4 is 21.8 Å². The van der Waals surface area contributed by atoms with Gasteiger partial charge in [-0.25, -0.2) is 13.6 Å². The molecule has 1 aliphatic heterocycles. The van der Waals surface area contributed by atoms with E-state index in [9.17, 15) is 18.0 Å². The second-order valence-electron chi connectivity index (χ2n) is 10.6. The van der Waals surface area contributed by atoms with E-state index in [1.165, 1.54) is 11.6 Å². The Kier molecular flexibility index (Phi) is 8.14. The average molecular weight is 546 g/mol. The van der Waals surface area contributed by atoms with Gasteiger partial charge in [-0.05, 0) is 54.4 Å². The Bertz CT molecular complexity index is 1420. The molecule has 204 valence electrons. The molecule has 2 amide bonds. The summed E-state index contributed by atoms with van der Waals surface area (Å²) in [5.41, 5.74) is 3.50. The Morgan fingerprint density at radius 2 is 1.46 bits per heavy atom. The highest BCUT2D eigenvalue weighted by Crippen LogP contribution is 2.36. The van der Waals surface area contributed by atoms with Crippen LogP contribution in [-0.4, -0.2) is 38.2 Å². The molecule has 1 saturated heterocycles. The molecule has 7 nitrogen and oxygen atoms in total. The lowest BCUT2D eigenvalue weighted by molar-refractivity contribution is -0.141. The average Bonchev–Trinajstić information content (AvgIpc) is 3.46. The van der Waals surface area contributed by atoms with Crippen molar-refractivity contribution in [2.24, 2.45) is 17.0 Å². The van der Waals surface area contributed by atoms with Crippen LogP contribution in [-0.2, 0) is 26.2 Å². The first-order valence-electron chi connectivity index (χ1n) is 13.6. The van der Waals surface area contributed by atoms with Crippen molar-refractivity contribution in [3.63, 3.8) is 0 Å². The van der Waals surface area contributed by atoms with Gasteiger partial charge in [0, 0.05) is 37.0 Å². The number of carbonyl (C=O) groups excluding carboxylic acids is 2. The SMILES string of the molecule is NS(=O)(=O)c1ccccc1-c1ccc(CNC(=O)C2CCC[C@H]2C(=O)N2CCC(c3ccccc3)CC2)cc1. The molecule has 8 heteroatoms. The molecule has 0 bridgehead atoms. The molecule has 5 rings (SSSR count). The van der Waals surface area contributed by atoms with Crippen LogP contribution in [0.15, 0.2) is 83.8 Å². The lowest BCUT2D eigenvalue weighted by atomic mass is 9.88. The standard InChI is InChI=1S/C31H35N3O4S/c32-39(37,38)29-12-5-4-9-26(29)25-15-13-22(14-16-25)21-33-30(35)27-10-6-11-28(27)31(36)34-19-17-24(18-20-34)23-7-2-1-3-8-23/h1-5,7-9,12-16,24,27-28H,6,10-11,17-21H2,(H,33,35)(H2,32,37,38)/t27?,28-/m1/s1. The highest BCUT2D eigenvalue weighted by atomic mass is 32.2. The minimum atomic E-state index is -3.85. The number of primary sulfonamides is 1. The monoisotopic (exact) mass is 545 g/mol. The van der Waals surface area contributed by atoms with E-state index in [0.29, 0.717) is 18.0 Å². The van der Waals surface area contributed by atoms with Gasteiger partial charge in [0.2, 0.25) is 21.8 Å². The van der Waals surface area contributed by atoms with Crippen LogP contribution < -0.4 is 10.5 Å². The third kappa shape index (κ3) is 6.23. The van der Waals surface area contributed by atoms with Crippen LogP contribution in [0.5, 0.6) is 0 Å². The molecule has 1 heterocycles. The summed E-state index contributed by atoms with van der Waals surface area (Å²) in [6.07, 6.45) is 4.28. The number of nitrogens with zero attached hydrogens (tertiary/aromatic N) is 1. The molecule has 2 fully saturated rings. The van der Waals surface area contributed by atoms with Gasteiger partial charge in [-0.15, -0.1) is 0 Å². The number of sulfonamides is 1. The lowest BCUT2D eigenvalue weighted by Crippen LogP contribution is -2.44. The predicted octanol–water partition coefficient (Wildman–Crippen LogP) is 4.44. The van der Waals surface area contributed by atoms with Gasteiger partial charge >= 0.3 is 0 Å². The Hall–Kier alpha value is -3.49. The number of nitrogens with two attached hydrogens (primary N) is 1. The fourth-order valence-corrected chi connectivity index (χ4v) is 6.80. The van der Waals surface area contributed by atoms with Crippen molar-refractivity contribution in [2.75, 3.05) is 13.1 Å². The van der Waals surface area contributed by atoms with Crippen LogP contribution in [0.4, 0.5) is 0 Å². The van der Waals surface area contributed by atoms with Crippen molar-refractivity contribution in [3.8, 4) is 11.1 Å². The molecule has 1 unspecified atom stereocenters. The number of hydrogen-bond donors (Lipinski definition) is 2. The van der Waals surface area contributed by atoms with Crippen LogP contribution in [0.2, 0.25) is 0 Å². The molecule has 3 aromatic rings. The van der Waals surface area contributed by atoms with Crippen molar-refractivity contribution in [1.82, 2.24) is 10.2 Å². The maximum atomic E-state index is 13.4. The summed E-state index contributed by atoms with van der Waals surface area (Å²) in [5.74, 6) is -0.0242. The largest absolute Gasteiger partial charge is 0.352 e. The summed E-state index contributed by atoms with van der Waals surface area (Å²) >= 11 is 0. The molecule has 2 aliphatic rings. The van der Waals surface area contributed by atoms with E-state index in [1.807, 2.05) is 35.2 Å². The topological polar surface area (TPSA) is 110 Å². The number of benzene rings is 3. The van der Waals surface area contributed by atoms with Gasteiger partial charge in [-0.3, -0.25) is 9.59 Å². The smallest absolute Gasteiger partial charge is 0.238 e. The van der Waals surface area contributed by atoms with Gasteiger partial charge in [-0.1, -0.05) is 79.2 Å². The highest BCUT2D eigenvalue weighted by molar-refractivity contribution is 7.89. The van der Waals surface area contributed by atoms with Crippen molar-refractivity contribution in [2.45, 2.75) is 49.5 Å². The fraction of sp³-hybridized carbons (Fsp3) is 0.355. The van der Waals surface area contributed by atoms with Crippen LogP contribution in [0, 0.1) is 11.8 Å². The van der Waals surface area contributed by atoms with Gasteiger partial charge in [0.15, 0.2) is 0 Å². The van der Waals surface area contributed by atoms with E-state index in [1.54, 1.807) is 18.2 Å². The van der Waals surface area contributed by atoms with Crippen LogP contribution in [0.25, 0.3) is 11.1 Å². The van der Waals surface area contributed by atoms with Crippen LogP contribution >= 0.6 is 0 Å². The zero-order valence-corrected chi connectivity index (χ0v) is 22.8. The molecular formula is C31H35N3O4S. The Labute approximate surface area is 230 Å². The number of rotatable bonds is 7. The summed E-state index contributed by atoms with van der Waals surface area (Å²) in [6, 6.07) is 24.5. The fourth-order valence-electron chi connectivity index (χ4n) is 6.04. The summed E-state index contributed by atoms with van der Waals surface area (Å²) in [7, 11) is -3.85. The third-order valence-corrected chi connectivity index (χ3v) is 9.14. The second-order valence-corrected chi connectivity index (χ2v) is 12.1.